The first-order valence-corrected chi connectivity index (χ1v) is 9.16. The topological polar surface area (TPSA) is 41.4 Å². The van der Waals surface area contributed by atoms with Gasteiger partial charge in [-0.15, -0.1) is 0 Å². The number of benzene rings is 2. The van der Waals surface area contributed by atoms with Crippen LogP contribution in [0.4, 0.5) is 21.6 Å². The van der Waals surface area contributed by atoms with Crippen molar-refractivity contribution in [1.29, 1.82) is 0 Å². The highest BCUT2D eigenvalue weighted by Crippen LogP contribution is 2.43. The van der Waals surface area contributed by atoms with Gasteiger partial charge < -0.3 is 9.80 Å². The smallest absolute Gasteiger partial charge is 0.224 e. The number of halogens is 2. The summed E-state index contributed by atoms with van der Waals surface area (Å²) >= 11 is 3.51. The van der Waals surface area contributed by atoms with E-state index in [9.17, 15) is 9.18 Å². The second kappa shape index (κ2) is 6.09. The molecule has 2 heterocycles. The summed E-state index contributed by atoms with van der Waals surface area (Å²) in [5, 5.41) is 5.34. The lowest BCUT2D eigenvalue weighted by molar-refractivity contribution is -0.117. The third kappa shape index (κ3) is 2.49. The van der Waals surface area contributed by atoms with E-state index < -0.39 is 0 Å². The number of nitrogens with zero attached hydrogens (tertiary/aromatic N) is 4. The number of fused-ring (bicyclic) bond motifs is 2. The first-order chi connectivity index (χ1) is 12.4. The largest absolute Gasteiger partial charge is 0.320 e. The summed E-state index contributed by atoms with van der Waals surface area (Å²) in [5.41, 5.74) is 2.17. The summed E-state index contributed by atoms with van der Waals surface area (Å²) in [4.78, 5) is 16.0. The normalized spacial score (nSPS) is 16.9. The Bertz CT molecular complexity index is 1030. The molecule has 1 atom stereocenters. The van der Waals surface area contributed by atoms with Crippen molar-refractivity contribution in [3.05, 3.63) is 46.7 Å². The van der Waals surface area contributed by atoms with E-state index in [2.05, 4.69) is 25.9 Å². The van der Waals surface area contributed by atoms with Gasteiger partial charge in [0.2, 0.25) is 5.91 Å². The minimum absolute atomic E-state index is 0.00218. The van der Waals surface area contributed by atoms with Gasteiger partial charge in [-0.1, -0.05) is 22.0 Å². The number of amides is 1. The predicted molar refractivity (Wildman–Crippen MR) is 104 cm³/mol. The average molecular weight is 417 g/mol. The van der Waals surface area contributed by atoms with Gasteiger partial charge in [-0.05, 0) is 37.3 Å². The second-order valence-electron chi connectivity index (χ2n) is 6.56. The molecule has 3 aromatic rings. The number of para-hydroxylation sites is 1. The molecular formula is C19H18BrFN4O. The predicted octanol–water partition coefficient (Wildman–Crippen LogP) is 4.37. The Labute approximate surface area is 159 Å². The van der Waals surface area contributed by atoms with Crippen molar-refractivity contribution >= 4 is 49.9 Å². The van der Waals surface area contributed by atoms with Crippen LogP contribution < -0.4 is 9.80 Å². The quantitative estimate of drug-likeness (QED) is 0.591. The van der Waals surface area contributed by atoms with Gasteiger partial charge in [0.1, 0.15) is 11.3 Å². The lowest BCUT2D eigenvalue weighted by atomic mass is 10.1. The third-order valence-corrected chi connectivity index (χ3v) is 5.26. The van der Waals surface area contributed by atoms with Crippen LogP contribution in [0.1, 0.15) is 13.8 Å². The molecule has 0 fully saturated rings. The maximum absolute atomic E-state index is 14.3. The Morgan fingerprint density at radius 2 is 2.04 bits per heavy atom. The molecule has 1 amide bonds. The van der Waals surface area contributed by atoms with E-state index in [1.54, 1.807) is 29.6 Å². The van der Waals surface area contributed by atoms with Crippen LogP contribution in [0.3, 0.4) is 0 Å². The van der Waals surface area contributed by atoms with E-state index in [1.165, 1.54) is 6.07 Å². The Morgan fingerprint density at radius 1 is 1.27 bits per heavy atom. The lowest BCUT2D eigenvalue weighted by Crippen LogP contribution is -2.48. The molecule has 0 aliphatic carbocycles. The molecule has 0 saturated carbocycles. The van der Waals surface area contributed by atoms with Crippen molar-refractivity contribution in [3.8, 4) is 0 Å². The fourth-order valence-electron chi connectivity index (χ4n) is 3.75. The van der Waals surface area contributed by atoms with Gasteiger partial charge in [-0.25, -0.2) is 4.39 Å². The van der Waals surface area contributed by atoms with Crippen molar-refractivity contribution < 1.29 is 9.18 Å². The maximum atomic E-state index is 14.3. The standard InChI is InChI=1S/C19H18BrFN4O/c1-11-10-24(17-9-13(20)7-8-16(17)25(11)12(2)26)19-14-5-4-6-15(21)18(14)23(3)22-19/h4-9,11H,10H2,1-3H3. The van der Waals surface area contributed by atoms with E-state index in [-0.39, 0.29) is 17.8 Å². The minimum Gasteiger partial charge on any atom is -0.320 e. The number of carbonyl (C=O) groups excluding carboxylic acids is 1. The summed E-state index contributed by atoms with van der Waals surface area (Å²) in [6.45, 7) is 4.15. The highest BCUT2D eigenvalue weighted by Gasteiger charge is 2.33. The van der Waals surface area contributed by atoms with Crippen LogP contribution in [-0.2, 0) is 11.8 Å². The van der Waals surface area contributed by atoms with Gasteiger partial charge in [0.05, 0.1) is 17.4 Å². The summed E-state index contributed by atoms with van der Waals surface area (Å²) in [5.74, 6) is 0.391. The van der Waals surface area contributed by atoms with E-state index in [1.807, 2.05) is 31.2 Å². The first-order valence-electron chi connectivity index (χ1n) is 8.36. The average Bonchev–Trinajstić information content (AvgIpc) is 2.92. The highest BCUT2D eigenvalue weighted by molar-refractivity contribution is 9.10. The lowest BCUT2D eigenvalue weighted by Gasteiger charge is -2.41. The molecule has 1 unspecified atom stereocenters. The summed E-state index contributed by atoms with van der Waals surface area (Å²) in [6, 6.07) is 10.8. The van der Waals surface area contributed by atoms with Crippen LogP contribution >= 0.6 is 15.9 Å². The number of aryl methyl sites for hydroxylation is 1. The van der Waals surface area contributed by atoms with Gasteiger partial charge in [-0.2, -0.15) is 5.10 Å². The molecule has 1 aromatic heterocycles. The van der Waals surface area contributed by atoms with Crippen LogP contribution in [0.25, 0.3) is 10.9 Å². The molecule has 1 aliphatic rings. The number of aromatic nitrogens is 2. The highest BCUT2D eigenvalue weighted by atomic mass is 79.9. The van der Waals surface area contributed by atoms with Gasteiger partial charge >= 0.3 is 0 Å². The molecule has 0 saturated heterocycles. The van der Waals surface area contributed by atoms with E-state index in [0.717, 1.165) is 21.2 Å². The van der Waals surface area contributed by atoms with E-state index in [0.29, 0.717) is 17.9 Å². The zero-order valence-corrected chi connectivity index (χ0v) is 16.3. The molecule has 2 aromatic carbocycles. The molecule has 0 N–H and O–H groups in total. The van der Waals surface area contributed by atoms with Crippen LogP contribution in [0.5, 0.6) is 0 Å². The van der Waals surface area contributed by atoms with Crippen LogP contribution in [-0.4, -0.2) is 28.3 Å². The van der Waals surface area contributed by atoms with E-state index >= 15 is 0 Å². The van der Waals surface area contributed by atoms with Crippen molar-refractivity contribution in [2.24, 2.45) is 7.05 Å². The van der Waals surface area contributed by atoms with Crippen LogP contribution in [0, 0.1) is 5.82 Å². The second-order valence-corrected chi connectivity index (χ2v) is 7.48. The fourth-order valence-corrected chi connectivity index (χ4v) is 4.10. The van der Waals surface area contributed by atoms with Crippen molar-refractivity contribution in [2.45, 2.75) is 19.9 Å². The van der Waals surface area contributed by atoms with Crippen molar-refractivity contribution in [3.63, 3.8) is 0 Å². The van der Waals surface area contributed by atoms with Crippen LogP contribution in [0.2, 0.25) is 0 Å². The van der Waals surface area contributed by atoms with E-state index in [4.69, 9.17) is 0 Å². The molecule has 7 heteroatoms. The molecule has 0 spiro atoms. The maximum Gasteiger partial charge on any atom is 0.224 e. The third-order valence-electron chi connectivity index (χ3n) is 4.77. The Hall–Kier alpha value is -2.41. The molecule has 5 nitrogen and oxygen atoms in total. The van der Waals surface area contributed by atoms with Crippen molar-refractivity contribution in [1.82, 2.24) is 9.78 Å². The minimum atomic E-state index is -0.298. The summed E-state index contributed by atoms with van der Waals surface area (Å²) < 4.78 is 16.8. The number of carbonyl (C=O) groups is 1. The van der Waals surface area contributed by atoms with Gasteiger partial charge in [-0.3, -0.25) is 9.48 Å². The zero-order chi connectivity index (χ0) is 18.6. The fraction of sp³-hybridized carbons (Fsp3) is 0.263. The summed E-state index contributed by atoms with van der Waals surface area (Å²) in [7, 11) is 1.74. The molecule has 1 aliphatic heterocycles. The number of hydrogen-bond acceptors (Lipinski definition) is 3. The van der Waals surface area contributed by atoms with Gasteiger partial charge in [0.15, 0.2) is 5.82 Å². The number of anilines is 3. The summed E-state index contributed by atoms with van der Waals surface area (Å²) in [6.07, 6.45) is 0. The molecule has 134 valence electrons. The van der Waals surface area contributed by atoms with Crippen LogP contribution in [0.15, 0.2) is 40.9 Å². The van der Waals surface area contributed by atoms with Crippen molar-refractivity contribution in [2.75, 3.05) is 16.3 Å². The molecule has 0 radical (unpaired) electrons. The Balaban J connectivity index is 1.96. The monoisotopic (exact) mass is 416 g/mol. The molecule has 0 bridgehead atoms. The SMILES string of the molecule is CC(=O)N1c2ccc(Br)cc2N(c2nn(C)c3c(F)cccc23)CC1C. The van der Waals surface area contributed by atoms with Gasteiger partial charge in [0, 0.05) is 30.4 Å². The molecule has 4 rings (SSSR count). The van der Waals surface area contributed by atoms with Gasteiger partial charge in [0.25, 0.3) is 0 Å². The zero-order valence-electron chi connectivity index (χ0n) is 14.7. The number of hydrogen-bond donors (Lipinski definition) is 0. The Morgan fingerprint density at radius 3 is 2.77 bits per heavy atom. The number of rotatable bonds is 1. The molecular weight excluding hydrogens is 399 g/mol. The first kappa shape index (κ1) is 17.0. The Kier molecular flexibility index (Phi) is 3.99. The molecule has 26 heavy (non-hydrogen) atoms.